The summed E-state index contributed by atoms with van der Waals surface area (Å²) >= 11 is 1.42. The number of ether oxygens (including phenoxy) is 1. The predicted octanol–water partition coefficient (Wildman–Crippen LogP) is 4.95. The van der Waals surface area contributed by atoms with Gasteiger partial charge in [0.25, 0.3) is 11.5 Å². The van der Waals surface area contributed by atoms with E-state index in [0.29, 0.717) is 17.4 Å². The zero-order chi connectivity index (χ0) is 23.5. The molecule has 34 heavy (non-hydrogen) atoms. The molecule has 0 saturated heterocycles. The average Bonchev–Trinajstić information content (AvgIpc) is 3.50. The molecule has 3 aromatic heterocycles. The summed E-state index contributed by atoms with van der Waals surface area (Å²) in [7, 11) is 1.62. The molecule has 0 N–H and O–H groups in total. The van der Waals surface area contributed by atoms with E-state index in [1.54, 1.807) is 42.5 Å². The van der Waals surface area contributed by atoms with Crippen LogP contribution in [0.15, 0.2) is 94.3 Å². The van der Waals surface area contributed by atoms with Crippen molar-refractivity contribution in [1.29, 1.82) is 0 Å². The van der Waals surface area contributed by atoms with Crippen LogP contribution in [0.2, 0.25) is 0 Å². The molecule has 2 aromatic carbocycles. The summed E-state index contributed by atoms with van der Waals surface area (Å²) in [5.74, 6) is 1.13. The Morgan fingerprint density at radius 2 is 1.88 bits per heavy atom. The second-order valence-electron chi connectivity index (χ2n) is 7.64. The highest BCUT2D eigenvalue weighted by atomic mass is 32.1. The minimum absolute atomic E-state index is 0.137. The van der Waals surface area contributed by atoms with Crippen LogP contribution in [0.3, 0.4) is 0 Å². The number of carbonyl (C=O) groups is 1. The Bertz CT molecular complexity index is 1500. The molecule has 0 atom stereocenters. The summed E-state index contributed by atoms with van der Waals surface area (Å²) in [6.45, 7) is 0.581. The van der Waals surface area contributed by atoms with E-state index in [9.17, 15) is 9.59 Å². The number of hydrogen-bond acceptors (Lipinski definition) is 6. The number of carbonyl (C=O) groups excluding carboxylic acids is 1. The lowest BCUT2D eigenvalue weighted by molar-refractivity contribution is 0.0956. The van der Waals surface area contributed by atoms with Crippen LogP contribution in [0.5, 0.6) is 5.75 Å². The first-order chi connectivity index (χ1) is 16.6. The van der Waals surface area contributed by atoms with Gasteiger partial charge < -0.3 is 13.7 Å². The Balaban J connectivity index is 1.48. The van der Waals surface area contributed by atoms with E-state index in [1.165, 1.54) is 22.0 Å². The maximum Gasteiger partial charge on any atom is 0.296 e. The highest BCUT2D eigenvalue weighted by Gasteiger charge is 2.24. The van der Waals surface area contributed by atoms with Crippen molar-refractivity contribution in [2.24, 2.45) is 0 Å². The third-order valence-electron chi connectivity index (χ3n) is 5.34. The molecule has 0 aliphatic heterocycles. The molecule has 0 spiro atoms. The van der Waals surface area contributed by atoms with E-state index in [0.717, 1.165) is 21.5 Å². The number of benzene rings is 2. The van der Waals surface area contributed by atoms with Gasteiger partial charge in [-0.25, -0.2) is 4.98 Å². The Kier molecular flexibility index (Phi) is 5.97. The molecule has 7 nitrogen and oxygen atoms in total. The zero-order valence-corrected chi connectivity index (χ0v) is 19.2. The maximum atomic E-state index is 13.6. The summed E-state index contributed by atoms with van der Waals surface area (Å²) < 4.78 is 13.6. The largest absolute Gasteiger partial charge is 0.497 e. The average molecular weight is 472 g/mol. The molecule has 5 rings (SSSR count). The first kappa shape index (κ1) is 21.7. The third kappa shape index (κ3) is 4.49. The lowest BCUT2D eigenvalue weighted by Crippen LogP contribution is -2.30. The van der Waals surface area contributed by atoms with Crippen LogP contribution in [-0.4, -0.2) is 22.6 Å². The quantitative estimate of drug-likeness (QED) is 0.335. The van der Waals surface area contributed by atoms with E-state index >= 15 is 0 Å². The number of fused-ring (bicyclic) bond motifs is 1. The monoisotopic (exact) mass is 471 g/mol. The first-order valence-corrected chi connectivity index (χ1v) is 11.5. The number of methoxy groups -OCH3 is 1. The second kappa shape index (κ2) is 9.36. The Hall–Kier alpha value is -4.17. The van der Waals surface area contributed by atoms with Gasteiger partial charge in [-0.2, -0.15) is 0 Å². The number of anilines is 1. The van der Waals surface area contributed by atoms with E-state index < -0.39 is 0 Å². The minimum atomic E-state index is -0.304. The standard InChI is InChI=1S/C26H21N3O4S/c1-32-19-10-12-21-23(15-19)34-26(27-21)29(16-18-7-3-2-4-8-18)25(31)22-13-11-20(33-22)17-28-14-6-5-9-24(28)30/h2-15H,16-17H2,1H3. The summed E-state index contributed by atoms with van der Waals surface area (Å²) in [6.07, 6.45) is 1.68. The molecule has 3 heterocycles. The van der Waals surface area contributed by atoms with Gasteiger partial charge in [0.05, 0.1) is 30.4 Å². The molecule has 0 fully saturated rings. The second-order valence-corrected chi connectivity index (χ2v) is 8.65. The molecule has 5 aromatic rings. The van der Waals surface area contributed by atoms with Gasteiger partial charge in [-0.05, 0) is 42.0 Å². The van der Waals surface area contributed by atoms with Crippen molar-refractivity contribution in [3.05, 3.63) is 112 Å². The molecule has 0 bridgehead atoms. The Labute approximate surface area is 199 Å². The molecule has 8 heteroatoms. The number of furan rings is 1. The van der Waals surface area contributed by atoms with Crippen molar-refractivity contribution in [3.8, 4) is 5.75 Å². The highest BCUT2D eigenvalue weighted by Crippen LogP contribution is 2.33. The van der Waals surface area contributed by atoms with Crippen LogP contribution in [0.1, 0.15) is 21.9 Å². The summed E-state index contributed by atoms with van der Waals surface area (Å²) in [4.78, 5) is 31.9. The van der Waals surface area contributed by atoms with Crippen LogP contribution in [-0.2, 0) is 13.1 Å². The number of amides is 1. The van der Waals surface area contributed by atoms with Crippen molar-refractivity contribution in [1.82, 2.24) is 9.55 Å². The molecule has 1 amide bonds. The molecule has 0 unspecified atom stereocenters. The van der Waals surface area contributed by atoms with Gasteiger partial charge in [-0.1, -0.05) is 47.7 Å². The van der Waals surface area contributed by atoms with Crippen molar-refractivity contribution < 1.29 is 13.9 Å². The van der Waals surface area contributed by atoms with Gasteiger partial charge >= 0.3 is 0 Å². The molecule has 0 aliphatic rings. The fourth-order valence-corrected chi connectivity index (χ4v) is 4.59. The first-order valence-electron chi connectivity index (χ1n) is 10.7. The number of thiazole rings is 1. The van der Waals surface area contributed by atoms with Gasteiger partial charge in [0.15, 0.2) is 10.9 Å². The van der Waals surface area contributed by atoms with Crippen LogP contribution >= 0.6 is 11.3 Å². The fourth-order valence-electron chi connectivity index (χ4n) is 3.60. The van der Waals surface area contributed by atoms with Crippen molar-refractivity contribution in [2.45, 2.75) is 13.1 Å². The molecular weight excluding hydrogens is 450 g/mol. The topological polar surface area (TPSA) is 77.6 Å². The summed E-state index contributed by atoms with van der Waals surface area (Å²) in [6, 6.07) is 23.7. The number of hydrogen-bond donors (Lipinski definition) is 0. The van der Waals surface area contributed by atoms with Crippen LogP contribution in [0.25, 0.3) is 10.2 Å². The molecule has 0 radical (unpaired) electrons. The van der Waals surface area contributed by atoms with Gasteiger partial charge in [0.1, 0.15) is 11.5 Å². The number of nitrogens with zero attached hydrogens (tertiary/aromatic N) is 3. The lowest BCUT2D eigenvalue weighted by Gasteiger charge is -2.18. The summed E-state index contributed by atoms with van der Waals surface area (Å²) in [5, 5.41) is 0.564. The Morgan fingerprint density at radius 1 is 1.06 bits per heavy atom. The molecule has 0 aliphatic carbocycles. The molecule has 0 saturated carbocycles. The normalized spacial score (nSPS) is 11.0. The number of pyridine rings is 1. The third-order valence-corrected chi connectivity index (χ3v) is 6.38. The van der Waals surface area contributed by atoms with Crippen molar-refractivity contribution in [3.63, 3.8) is 0 Å². The minimum Gasteiger partial charge on any atom is -0.497 e. The van der Waals surface area contributed by atoms with E-state index in [4.69, 9.17) is 14.1 Å². The SMILES string of the molecule is COc1ccc2nc(N(Cc3ccccc3)C(=O)c3ccc(Cn4ccccc4=O)o3)sc2c1. The van der Waals surface area contributed by atoms with Crippen LogP contribution in [0.4, 0.5) is 5.13 Å². The summed E-state index contributed by atoms with van der Waals surface area (Å²) in [5.41, 5.74) is 1.62. The van der Waals surface area contributed by atoms with Crippen LogP contribution < -0.4 is 15.2 Å². The molecule has 170 valence electrons. The van der Waals surface area contributed by atoms with Gasteiger partial charge in [-0.15, -0.1) is 0 Å². The van der Waals surface area contributed by atoms with Crippen molar-refractivity contribution >= 4 is 32.6 Å². The van der Waals surface area contributed by atoms with Crippen molar-refractivity contribution in [2.75, 3.05) is 12.0 Å². The Morgan fingerprint density at radius 3 is 2.68 bits per heavy atom. The smallest absolute Gasteiger partial charge is 0.296 e. The van der Waals surface area contributed by atoms with E-state index in [1.807, 2.05) is 48.5 Å². The van der Waals surface area contributed by atoms with E-state index in [2.05, 4.69) is 0 Å². The lowest BCUT2D eigenvalue weighted by atomic mass is 10.2. The zero-order valence-electron chi connectivity index (χ0n) is 18.4. The maximum absolute atomic E-state index is 13.6. The fraction of sp³-hybridized carbons (Fsp3) is 0.115. The van der Waals surface area contributed by atoms with Crippen LogP contribution in [0, 0.1) is 0 Å². The highest BCUT2D eigenvalue weighted by molar-refractivity contribution is 7.22. The number of aromatic nitrogens is 2. The van der Waals surface area contributed by atoms with Gasteiger partial charge in [0, 0.05) is 12.3 Å². The van der Waals surface area contributed by atoms with Gasteiger partial charge in [0.2, 0.25) is 0 Å². The van der Waals surface area contributed by atoms with E-state index in [-0.39, 0.29) is 23.8 Å². The number of rotatable bonds is 7. The molecular formula is C26H21N3O4S. The predicted molar refractivity (Wildman–Crippen MR) is 132 cm³/mol. The van der Waals surface area contributed by atoms with Gasteiger partial charge in [-0.3, -0.25) is 14.5 Å².